The third-order valence-corrected chi connectivity index (χ3v) is 6.67. The van der Waals surface area contributed by atoms with Gasteiger partial charge in [-0.2, -0.15) is 5.10 Å². The van der Waals surface area contributed by atoms with Gasteiger partial charge in [-0.3, -0.25) is 14.5 Å². The monoisotopic (exact) mass is 447 g/mol. The fourth-order valence-corrected chi connectivity index (χ4v) is 4.69. The predicted octanol–water partition coefficient (Wildman–Crippen LogP) is 4.26. The van der Waals surface area contributed by atoms with Crippen LogP contribution in [0.3, 0.4) is 0 Å². The van der Waals surface area contributed by atoms with Crippen LogP contribution in [-0.4, -0.2) is 53.7 Å². The maximum atomic E-state index is 13.5. The summed E-state index contributed by atoms with van der Waals surface area (Å²) in [6.07, 6.45) is 2.38. The van der Waals surface area contributed by atoms with Crippen molar-refractivity contribution in [1.82, 2.24) is 9.91 Å². The number of esters is 1. The van der Waals surface area contributed by atoms with E-state index in [0.29, 0.717) is 19.6 Å². The van der Waals surface area contributed by atoms with Gasteiger partial charge in [0, 0.05) is 13.0 Å². The van der Waals surface area contributed by atoms with Crippen LogP contribution in [0, 0.1) is 19.8 Å². The van der Waals surface area contributed by atoms with Crippen molar-refractivity contribution in [2.75, 3.05) is 26.2 Å². The Morgan fingerprint density at radius 2 is 1.88 bits per heavy atom. The Labute approximate surface area is 196 Å². The van der Waals surface area contributed by atoms with Crippen LogP contribution in [0.25, 0.3) is 0 Å². The summed E-state index contributed by atoms with van der Waals surface area (Å²) in [6.45, 7) is 8.02. The van der Waals surface area contributed by atoms with Crippen LogP contribution in [0.4, 0.5) is 0 Å². The minimum Gasteiger partial charge on any atom is -0.466 e. The molecule has 0 unspecified atom stereocenters. The van der Waals surface area contributed by atoms with E-state index in [2.05, 4.69) is 49.1 Å². The average molecular weight is 448 g/mol. The van der Waals surface area contributed by atoms with Crippen molar-refractivity contribution < 1.29 is 14.3 Å². The first-order valence-electron chi connectivity index (χ1n) is 11.9. The Morgan fingerprint density at radius 1 is 1.09 bits per heavy atom. The van der Waals surface area contributed by atoms with E-state index in [1.165, 1.54) is 11.1 Å². The second-order valence-corrected chi connectivity index (χ2v) is 9.04. The van der Waals surface area contributed by atoms with Crippen LogP contribution in [0.2, 0.25) is 0 Å². The minimum atomic E-state index is -0.162. The van der Waals surface area contributed by atoms with E-state index in [0.717, 1.165) is 36.2 Å². The molecular formula is C27H33N3O3. The second kappa shape index (κ2) is 10.3. The van der Waals surface area contributed by atoms with E-state index in [1.807, 2.05) is 25.1 Å². The number of hydrazone groups is 1. The van der Waals surface area contributed by atoms with Gasteiger partial charge < -0.3 is 4.74 Å². The van der Waals surface area contributed by atoms with Crippen molar-refractivity contribution in [3.05, 3.63) is 70.8 Å². The molecule has 2 atom stereocenters. The standard InChI is InChI=1S/C27H33N3O3/c1-4-33-27(32)23-11-8-14-29(17-23)18-26(31)30-25(21-9-6-5-7-10-21)16-24(28-30)22-13-12-19(2)20(3)15-22/h5-7,9-10,12-13,15,23,25H,4,8,11,14,16-18H2,1-3H3/t23-,25+/m1/s1. The fraction of sp³-hybridized carbons (Fsp3) is 0.444. The maximum absolute atomic E-state index is 13.5. The Kier molecular flexibility index (Phi) is 7.23. The second-order valence-electron chi connectivity index (χ2n) is 9.04. The van der Waals surface area contributed by atoms with E-state index >= 15 is 0 Å². The largest absolute Gasteiger partial charge is 0.466 e. The van der Waals surface area contributed by atoms with Crippen molar-refractivity contribution >= 4 is 17.6 Å². The van der Waals surface area contributed by atoms with Crippen LogP contribution < -0.4 is 0 Å². The lowest BCUT2D eigenvalue weighted by atomic mass is 9.96. The average Bonchev–Trinajstić information content (AvgIpc) is 3.27. The van der Waals surface area contributed by atoms with Crippen LogP contribution in [0.15, 0.2) is 53.6 Å². The molecule has 2 aliphatic rings. The molecule has 0 radical (unpaired) electrons. The minimum absolute atomic E-state index is 0.0350. The summed E-state index contributed by atoms with van der Waals surface area (Å²) in [4.78, 5) is 27.7. The number of likely N-dealkylation sites (tertiary alicyclic amines) is 1. The molecule has 0 aliphatic carbocycles. The number of ether oxygens (including phenoxy) is 1. The summed E-state index contributed by atoms with van der Waals surface area (Å²) in [5, 5.41) is 6.48. The smallest absolute Gasteiger partial charge is 0.310 e. The van der Waals surface area contributed by atoms with E-state index in [4.69, 9.17) is 9.84 Å². The number of nitrogens with zero attached hydrogens (tertiary/aromatic N) is 3. The maximum Gasteiger partial charge on any atom is 0.310 e. The van der Waals surface area contributed by atoms with Gasteiger partial charge in [0.2, 0.25) is 0 Å². The summed E-state index contributed by atoms with van der Waals surface area (Å²) in [5.74, 6) is -0.357. The zero-order valence-corrected chi connectivity index (χ0v) is 19.8. The number of piperidine rings is 1. The van der Waals surface area contributed by atoms with Crippen molar-refractivity contribution in [3.8, 4) is 0 Å². The number of hydrogen-bond acceptors (Lipinski definition) is 5. The van der Waals surface area contributed by atoms with Gasteiger partial charge in [-0.15, -0.1) is 0 Å². The van der Waals surface area contributed by atoms with Crippen LogP contribution >= 0.6 is 0 Å². The first-order chi connectivity index (χ1) is 16.0. The molecule has 1 saturated heterocycles. The number of amides is 1. The number of carbonyl (C=O) groups excluding carboxylic acids is 2. The Bertz CT molecular complexity index is 1030. The molecule has 0 saturated carbocycles. The van der Waals surface area contributed by atoms with Gasteiger partial charge >= 0.3 is 5.97 Å². The predicted molar refractivity (Wildman–Crippen MR) is 129 cm³/mol. The highest BCUT2D eigenvalue weighted by Gasteiger charge is 2.35. The molecule has 4 rings (SSSR count). The molecule has 1 amide bonds. The Hall–Kier alpha value is -2.99. The van der Waals surface area contributed by atoms with E-state index in [1.54, 1.807) is 5.01 Å². The first-order valence-corrected chi connectivity index (χ1v) is 11.9. The molecule has 0 bridgehead atoms. The number of benzene rings is 2. The van der Waals surface area contributed by atoms with Crippen LogP contribution in [0.1, 0.15) is 54.5 Å². The molecule has 0 N–H and O–H groups in total. The van der Waals surface area contributed by atoms with Gasteiger partial charge in [-0.05, 0) is 68.5 Å². The van der Waals surface area contributed by atoms with Crippen LogP contribution in [-0.2, 0) is 14.3 Å². The van der Waals surface area contributed by atoms with Crippen molar-refractivity contribution in [1.29, 1.82) is 0 Å². The zero-order valence-electron chi connectivity index (χ0n) is 19.8. The summed E-state index contributed by atoms with van der Waals surface area (Å²) < 4.78 is 5.21. The third kappa shape index (κ3) is 5.33. The quantitative estimate of drug-likeness (QED) is 0.621. The topological polar surface area (TPSA) is 62.2 Å². The molecule has 1 fully saturated rings. The molecule has 174 valence electrons. The lowest BCUT2D eigenvalue weighted by Crippen LogP contribution is -2.44. The Morgan fingerprint density at radius 3 is 2.61 bits per heavy atom. The molecule has 2 aliphatic heterocycles. The van der Waals surface area contributed by atoms with Gasteiger partial charge in [-0.25, -0.2) is 5.01 Å². The third-order valence-electron chi connectivity index (χ3n) is 6.67. The highest BCUT2D eigenvalue weighted by molar-refractivity contribution is 6.03. The SMILES string of the molecule is CCOC(=O)[C@@H]1CCCN(CC(=O)N2N=C(c3ccc(C)c(C)c3)C[C@H]2c2ccccc2)C1. The van der Waals surface area contributed by atoms with Gasteiger partial charge in [0.1, 0.15) is 0 Å². The normalized spacial score (nSPS) is 21.1. The molecule has 6 nitrogen and oxygen atoms in total. The highest BCUT2D eigenvalue weighted by atomic mass is 16.5. The molecule has 2 aromatic carbocycles. The molecule has 0 spiro atoms. The van der Waals surface area contributed by atoms with Crippen molar-refractivity contribution in [2.45, 2.75) is 46.1 Å². The molecule has 2 heterocycles. The van der Waals surface area contributed by atoms with Crippen molar-refractivity contribution in [3.63, 3.8) is 0 Å². The molecular weight excluding hydrogens is 414 g/mol. The summed E-state index contributed by atoms with van der Waals surface area (Å²) in [6, 6.07) is 16.3. The van der Waals surface area contributed by atoms with Gasteiger partial charge in [-0.1, -0.05) is 42.5 Å². The molecule has 6 heteroatoms. The number of carbonyl (C=O) groups is 2. The first kappa shape index (κ1) is 23.2. The number of hydrogen-bond donors (Lipinski definition) is 0. The van der Waals surface area contributed by atoms with Crippen molar-refractivity contribution in [2.24, 2.45) is 11.0 Å². The molecule has 33 heavy (non-hydrogen) atoms. The highest BCUT2D eigenvalue weighted by Crippen LogP contribution is 2.33. The Balaban J connectivity index is 1.54. The zero-order chi connectivity index (χ0) is 23.4. The van der Waals surface area contributed by atoms with Gasteiger partial charge in [0.25, 0.3) is 5.91 Å². The molecule has 0 aromatic heterocycles. The lowest BCUT2D eigenvalue weighted by Gasteiger charge is -2.32. The van der Waals surface area contributed by atoms with E-state index in [9.17, 15) is 9.59 Å². The van der Waals surface area contributed by atoms with Crippen LogP contribution in [0.5, 0.6) is 0 Å². The molecule has 2 aromatic rings. The van der Waals surface area contributed by atoms with E-state index in [-0.39, 0.29) is 30.4 Å². The lowest BCUT2D eigenvalue weighted by molar-refractivity contribution is -0.150. The number of aryl methyl sites for hydroxylation is 2. The van der Waals surface area contributed by atoms with Gasteiger partial charge in [0.05, 0.1) is 30.8 Å². The van der Waals surface area contributed by atoms with Gasteiger partial charge in [0.15, 0.2) is 0 Å². The summed E-state index contributed by atoms with van der Waals surface area (Å²) in [7, 11) is 0. The number of rotatable bonds is 6. The van der Waals surface area contributed by atoms with E-state index < -0.39 is 0 Å². The summed E-state index contributed by atoms with van der Waals surface area (Å²) >= 11 is 0. The fourth-order valence-electron chi connectivity index (χ4n) is 4.69. The summed E-state index contributed by atoms with van der Waals surface area (Å²) in [5.41, 5.74) is 5.54.